The van der Waals surface area contributed by atoms with Crippen molar-refractivity contribution in [1.82, 2.24) is 19.4 Å². The van der Waals surface area contributed by atoms with Crippen LogP contribution in [0.1, 0.15) is 24.6 Å². The van der Waals surface area contributed by atoms with Crippen LogP contribution in [0.4, 0.5) is 0 Å². The fourth-order valence-electron chi connectivity index (χ4n) is 3.20. The Bertz CT molecular complexity index is 747. The van der Waals surface area contributed by atoms with Crippen LogP contribution in [0.25, 0.3) is 16.2 Å². The average molecular weight is 298 g/mol. The minimum atomic E-state index is 0.486. The van der Waals surface area contributed by atoms with Gasteiger partial charge in [-0.2, -0.15) is 0 Å². The highest BCUT2D eigenvalue weighted by Gasteiger charge is 2.25. The molecule has 1 unspecified atom stereocenters. The molecule has 0 saturated carbocycles. The van der Waals surface area contributed by atoms with E-state index in [1.165, 1.54) is 24.4 Å². The molecule has 1 aliphatic rings. The van der Waals surface area contributed by atoms with Gasteiger partial charge in [-0.1, -0.05) is 0 Å². The molecule has 21 heavy (non-hydrogen) atoms. The summed E-state index contributed by atoms with van der Waals surface area (Å²) < 4.78 is 2.25. The van der Waals surface area contributed by atoms with Crippen molar-refractivity contribution >= 4 is 22.5 Å². The Morgan fingerprint density at radius 1 is 1.29 bits per heavy atom. The number of imidazole rings is 1. The highest BCUT2D eigenvalue weighted by molar-refractivity contribution is 7.12. The van der Waals surface area contributed by atoms with Crippen LogP contribution in [0.15, 0.2) is 35.8 Å². The number of hydrogen-bond donors (Lipinski definition) is 0. The first kappa shape index (κ1) is 13.0. The lowest BCUT2D eigenvalue weighted by atomic mass is 9.97. The van der Waals surface area contributed by atoms with E-state index < -0.39 is 0 Å². The molecule has 0 aromatic carbocycles. The van der Waals surface area contributed by atoms with E-state index in [9.17, 15) is 0 Å². The summed E-state index contributed by atoms with van der Waals surface area (Å²) in [5, 5.41) is 3.32. The topological polar surface area (TPSA) is 34.0 Å². The summed E-state index contributed by atoms with van der Waals surface area (Å²) in [4.78, 5) is 11.9. The predicted octanol–water partition coefficient (Wildman–Crippen LogP) is 3.29. The zero-order valence-electron chi connectivity index (χ0n) is 12.1. The summed E-state index contributed by atoms with van der Waals surface area (Å²) >= 11 is 1.74. The number of nitrogens with zero attached hydrogens (tertiary/aromatic N) is 4. The molecule has 0 aliphatic carbocycles. The molecule has 0 N–H and O–H groups in total. The minimum Gasteiger partial charge on any atom is -0.306 e. The smallest absolute Gasteiger partial charge is 0.165 e. The second-order valence-electron chi connectivity index (χ2n) is 5.70. The average Bonchev–Trinajstić information content (AvgIpc) is 3.14. The molecule has 1 aliphatic heterocycles. The Hall–Kier alpha value is -1.72. The van der Waals surface area contributed by atoms with Crippen molar-refractivity contribution < 1.29 is 0 Å². The highest BCUT2D eigenvalue weighted by Crippen LogP contribution is 2.31. The zero-order valence-corrected chi connectivity index (χ0v) is 12.9. The second-order valence-corrected chi connectivity index (χ2v) is 6.63. The van der Waals surface area contributed by atoms with Crippen LogP contribution >= 0.6 is 11.3 Å². The molecule has 4 nitrogen and oxygen atoms in total. The molecule has 0 bridgehead atoms. The number of likely N-dealkylation sites (tertiary alicyclic amines) is 1. The Morgan fingerprint density at radius 2 is 2.24 bits per heavy atom. The lowest BCUT2D eigenvalue weighted by Gasteiger charge is -2.29. The monoisotopic (exact) mass is 298 g/mol. The standard InChI is InChI=1S/C16H18N4S/c1-19-9-3-5-12(11-19)15-18-13-6-2-8-17-16(13)20(15)14-7-4-10-21-14/h2,4,6-8,10,12H,3,5,9,11H2,1H3. The molecule has 1 atom stereocenters. The maximum atomic E-state index is 4.91. The lowest BCUT2D eigenvalue weighted by Crippen LogP contribution is -2.32. The van der Waals surface area contributed by atoms with Gasteiger partial charge in [-0.3, -0.25) is 4.57 Å². The molecule has 3 aromatic heterocycles. The van der Waals surface area contributed by atoms with Gasteiger partial charge in [0.1, 0.15) is 16.3 Å². The lowest BCUT2D eigenvalue weighted by molar-refractivity contribution is 0.245. The normalized spacial score (nSPS) is 20.1. The van der Waals surface area contributed by atoms with Crippen LogP contribution in [-0.2, 0) is 0 Å². The highest BCUT2D eigenvalue weighted by atomic mass is 32.1. The number of fused-ring (bicyclic) bond motifs is 1. The molecular formula is C16H18N4S. The van der Waals surface area contributed by atoms with Gasteiger partial charge in [0.2, 0.25) is 0 Å². The van der Waals surface area contributed by atoms with Gasteiger partial charge in [0, 0.05) is 18.7 Å². The van der Waals surface area contributed by atoms with Gasteiger partial charge >= 0.3 is 0 Å². The quantitative estimate of drug-likeness (QED) is 0.728. The van der Waals surface area contributed by atoms with E-state index in [4.69, 9.17) is 4.98 Å². The van der Waals surface area contributed by atoms with Gasteiger partial charge in [-0.25, -0.2) is 9.97 Å². The van der Waals surface area contributed by atoms with Crippen molar-refractivity contribution in [3.8, 4) is 5.00 Å². The number of pyridine rings is 1. The summed E-state index contributed by atoms with van der Waals surface area (Å²) in [6.45, 7) is 2.27. The molecule has 0 spiro atoms. The number of thiophene rings is 1. The van der Waals surface area contributed by atoms with E-state index in [0.717, 1.165) is 23.5 Å². The molecule has 1 saturated heterocycles. The van der Waals surface area contributed by atoms with Crippen LogP contribution in [0, 0.1) is 0 Å². The molecule has 0 radical (unpaired) electrons. The Morgan fingerprint density at radius 3 is 3.05 bits per heavy atom. The first-order valence-corrected chi connectivity index (χ1v) is 8.26. The van der Waals surface area contributed by atoms with Gasteiger partial charge in [0.25, 0.3) is 0 Å². The van der Waals surface area contributed by atoms with E-state index in [1.54, 1.807) is 11.3 Å². The van der Waals surface area contributed by atoms with Crippen LogP contribution in [0.5, 0.6) is 0 Å². The molecule has 0 amide bonds. The summed E-state index contributed by atoms with van der Waals surface area (Å²) in [5.74, 6) is 1.65. The second kappa shape index (κ2) is 5.24. The number of piperidine rings is 1. The molecule has 5 heteroatoms. The third kappa shape index (κ3) is 2.26. The van der Waals surface area contributed by atoms with Crippen LogP contribution in [-0.4, -0.2) is 39.6 Å². The van der Waals surface area contributed by atoms with E-state index in [0.29, 0.717) is 5.92 Å². The maximum absolute atomic E-state index is 4.91. The van der Waals surface area contributed by atoms with Crippen LogP contribution in [0.2, 0.25) is 0 Å². The molecule has 4 rings (SSSR count). The molecule has 1 fully saturated rings. The predicted molar refractivity (Wildman–Crippen MR) is 86.2 cm³/mol. The largest absolute Gasteiger partial charge is 0.306 e. The minimum absolute atomic E-state index is 0.486. The summed E-state index contributed by atoms with van der Waals surface area (Å²) in [6.07, 6.45) is 4.30. The van der Waals surface area contributed by atoms with Gasteiger partial charge in [-0.05, 0) is 56.1 Å². The molecule has 108 valence electrons. The Balaban J connectivity index is 1.89. The van der Waals surface area contributed by atoms with Crippen molar-refractivity contribution in [3.63, 3.8) is 0 Å². The van der Waals surface area contributed by atoms with Crippen molar-refractivity contribution in [2.75, 3.05) is 20.1 Å². The number of likely N-dealkylation sites (N-methyl/N-ethyl adjacent to an activating group) is 1. The molecular weight excluding hydrogens is 280 g/mol. The van der Waals surface area contributed by atoms with Gasteiger partial charge < -0.3 is 4.90 Å². The number of aromatic nitrogens is 3. The zero-order chi connectivity index (χ0) is 14.2. The van der Waals surface area contributed by atoms with Gasteiger partial charge in [0.15, 0.2) is 5.65 Å². The maximum Gasteiger partial charge on any atom is 0.165 e. The first-order chi connectivity index (χ1) is 10.3. The van der Waals surface area contributed by atoms with E-state index in [-0.39, 0.29) is 0 Å². The molecule has 4 heterocycles. The Labute approximate surface area is 128 Å². The first-order valence-electron chi connectivity index (χ1n) is 7.39. The van der Waals surface area contributed by atoms with E-state index >= 15 is 0 Å². The summed E-state index contributed by atoms with van der Waals surface area (Å²) in [5.41, 5.74) is 1.97. The SMILES string of the molecule is CN1CCCC(c2nc3cccnc3n2-c2cccs2)C1. The van der Waals surface area contributed by atoms with Crippen LogP contribution < -0.4 is 0 Å². The molecule has 3 aromatic rings. The third-order valence-corrected chi connectivity index (χ3v) is 5.01. The Kier molecular flexibility index (Phi) is 3.24. The van der Waals surface area contributed by atoms with Gasteiger partial charge in [-0.15, -0.1) is 11.3 Å². The van der Waals surface area contributed by atoms with Crippen molar-refractivity contribution in [2.45, 2.75) is 18.8 Å². The fourth-order valence-corrected chi connectivity index (χ4v) is 3.93. The summed E-state index contributed by atoms with van der Waals surface area (Å²) in [6, 6.07) is 8.26. The number of rotatable bonds is 2. The van der Waals surface area contributed by atoms with Gasteiger partial charge in [0.05, 0.1) is 0 Å². The van der Waals surface area contributed by atoms with E-state index in [1.807, 2.05) is 12.3 Å². The third-order valence-electron chi connectivity index (χ3n) is 4.16. The fraction of sp³-hybridized carbons (Fsp3) is 0.375. The van der Waals surface area contributed by atoms with Crippen molar-refractivity contribution in [1.29, 1.82) is 0 Å². The van der Waals surface area contributed by atoms with Crippen molar-refractivity contribution in [2.24, 2.45) is 0 Å². The van der Waals surface area contributed by atoms with Crippen molar-refractivity contribution in [3.05, 3.63) is 41.7 Å². The summed E-state index contributed by atoms with van der Waals surface area (Å²) in [7, 11) is 2.20. The van der Waals surface area contributed by atoms with Crippen LogP contribution in [0.3, 0.4) is 0 Å². The number of hydrogen-bond acceptors (Lipinski definition) is 4. The van der Waals surface area contributed by atoms with E-state index in [2.05, 4.69) is 45.1 Å².